The fourth-order valence-electron chi connectivity index (χ4n) is 4.48. The Morgan fingerprint density at radius 1 is 1.33 bits per heavy atom. The van der Waals surface area contributed by atoms with E-state index in [0.29, 0.717) is 32.4 Å². The summed E-state index contributed by atoms with van der Waals surface area (Å²) in [7, 11) is 1.81. The molecule has 150 valence electrons. The standard InChI is InChI=1S/C19H28F2N4O2/c1-4-6-16(26)25-12-18(11-19(20,21)13-25)7-5-8-24(17(18)27)10-15-9-14(2)22-23(15)3/h9H,4-8,10-13H2,1-3H3/t18-/m0/s1. The topological polar surface area (TPSA) is 58.4 Å². The van der Waals surface area contributed by atoms with Gasteiger partial charge in [-0.3, -0.25) is 14.3 Å². The van der Waals surface area contributed by atoms with Gasteiger partial charge in [-0.05, 0) is 32.3 Å². The average molecular weight is 382 g/mol. The molecule has 0 unspecified atom stereocenters. The zero-order valence-electron chi connectivity index (χ0n) is 16.3. The Labute approximate surface area is 158 Å². The highest BCUT2D eigenvalue weighted by Gasteiger charge is 2.55. The van der Waals surface area contributed by atoms with Crippen LogP contribution in [0, 0.1) is 12.3 Å². The summed E-state index contributed by atoms with van der Waals surface area (Å²) in [4.78, 5) is 28.4. The number of rotatable bonds is 4. The maximum Gasteiger partial charge on any atom is 0.266 e. The molecule has 2 saturated heterocycles. The van der Waals surface area contributed by atoms with E-state index in [1.54, 1.807) is 9.58 Å². The molecule has 3 rings (SSSR count). The molecule has 27 heavy (non-hydrogen) atoms. The molecule has 8 heteroatoms. The Balaban J connectivity index is 1.83. The van der Waals surface area contributed by atoms with Crippen LogP contribution < -0.4 is 0 Å². The number of hydrogen-bond donors (Lipinski definition) is 0. The first-order valence-electron chi connectivity index (χ1n) is 9.60. The Morgan fingerprint density at radius 3 is 2.70 bits per heavy atom. The highest BCUT2D eigenvalue weighted by atomic mass is 19.3. The number of hydrogen-bond acceptors (Lipinski definition) is 3. The van der Waals surface area contributed by atoms with Gasteiger partial charge in [0, 0.05) is 33.0 Å². The van der Waals surface area contributed by atoms with Gasteiger partial charge < -0.3 is 9.80 Å². The lowest BCUT2D eigenvalue weighted by Crippen LogP contribution is -2.61. The molecule has 1 atom stereocenters. The molecule has 2 aliphatic heterocycles. The average Bonchev–Trinajstić information content (AvgIpc) is 2.88. The Bertz CT molecular complexity index is 733. The van der Waals surface area contributed by atoms with Crippen molar-refractivity contribution in [3.05, 3.63) is 17.5 Å². The van der Waals surface area contributed by atoms with E-state index in [-0.39, 0.29) is 24.8 Å². The first-order chi connectivity index (χ1) is 12.7. The molecular formula is C19H28F2N4O2. The first-order valence-corrected chi connectivity index (χ1v) is 9.60. The lowest BCUT2D eigenvalue weighted by molar-refractivity contribution is -0.175. The van der Waals surface area contributed by atoms with Crippen LogP contribution >= 0.6 is 0 Å². The van der Waals surface area contributed by atoms with Gasteiger partial charge in [-0.25, -0.2) is 8.78 Å². The van der Waals surface area contributed by atoms with Gasteiger partial charge in [-0.1, -0.05) is 6.92 Å². The monoisotopic (exact) mass is 382 g/mol. The molecular weight excluding hydrogens is 354 g/mol. The molecule has 0 aromatic carbocycles. The predicted octanol–water partition coefficient (Wildman–Crippen LogP) is 2.51. The number of carbonyl (C=O) groups is 2. The van der Waals surface area contributed by atoms with Crippen molar-refractivity contribution in [1.29, 1.82) is 0 Å². The summed E-state index contributed by atoms with van der Waals surface area (Å²) in [5.74, 6) is -3.59. The van der Waals surface area contributed by atoms with E-state index in [0.717, 1.165) is 11.4 Å². The van der Waals surface area contributed by atoms with Crippen LogP contribution in [0.25, 0.3) is 0 Å². The molecule has 0 bridgehead atoms. The number of nitrogens with zero attached hydrogens (tertiary/aromatic N) is 4. The third-order valence-electron chi connectivity index (χ3n) is 5.61. The van der Waals surface area contributed by atoms with E-state index in [4.69, 9.17) is 0 Å². The largest absolute Gasteiger partial charge is 0.336 e. The molecule has 1 spiro atoms. The molecule has 6 nitrogen and oxygen atoms in total. The van der Waals surface area contributed by atoms with Crippen LogP contribution in [-0.4, -0.2) is 57.0 Å². The van der Waals surface area contributed by atoms with Gasteiger partial charge in [-0.2, -0.15) is 5.10 Å². The Hall–Kier alpha value is -1.99. The van der Waals surface area contributed by atoms with Crippen LogP contribution in [-0.2, 0) is 23.2 Å². The van der Waals surface area contributed by atoms with Gasteiger partial charge in [0.05, 0.1) is 29.9 Å². The second-order valence-corrected chi connectivity index (χ2v) is 8.04. The highest BCUT2D eigenvalue weighted by molar-refractivity contribution is 5.85. The van der Waals surface area contributed by atoms with Crippen LogP contribution in [0.2, 0.25) is 0 Å². The summed E-state index contributed by atoms with van der Waals surface area (Å²) in [5.41, 5.74) is 0.545. The second-order valence-electron chi connectivity index (χ2n) is 8.04. The maximum absolute atomic E-state index is 14.5. The number of likely N-dealkylation sites (tertiary alicyclic amines) is 2. The van der Waals surface area contributed by atoms with E-state index < -0.39 is 24.3 Å². The summed E-state index contributed by atoms with van der Waals surface area (Å²) >= 11 is 0. The molecule has 2 fully saturated rings. The third kappa shape index (κ3) is 3.99. The van der Waals surface area contributed by atoms with Gasteiger partial charge in [0.15, 0.2) is 0 Å². The van der Waals surface area contributed by atoms with Crippen LogP contribution in [0.3, 0.4) is 0 Å². The van der Waals surface area contributed by atoms with Crippen molar-refractivity contribution in [2.75, 3.05) is 19.6 Å². The van der Waals surface area contributed by atoms with Crippen LogP contribution in [0.1, 0.15) is 50.4 Å². The minimum atomic E-state index is -3.04. The number of alkyl halides is 2. The highest BCUT2D eigenvalue weighted by Crippen LogP contribution is 2.45. The molecule has 0 aliphatic carbocycles. The summed E-state index contributed by atoms with van der Waals surface area (Å²) in [5, 5.41) is 4.29. The van der Waals surface area contributed by atoms with Gasteiger partial charge in [0.1, 0.15) is 0 Å². The quantitative estimate of drug-likeness (QED) is 0.804. The van der Waals surface area contributed by atoms with Crippen molar-refractivity contribution in [1.82, 2.24) is 19.6 Å². The summed E-state index contributed by atoms with van der Waals surface area (Å²) in [6, 6.07) is 1.90. The van der Waals surface area contributed by atoms with Crippen molar-refractivity contribution in [2.45, 2.75) is 58.4 Å². The number of piperidine rings is 2. The van der Waals surface area contributed by atoms with Crippen molar-refractivity contribution in [3.63, 3.8) is 0 Å². The fraction of sp³-hybridized carbons (Fsp3) is 0.737. The van der Waals surface area contributed by atoms with E-state index in [2.05, 4.69) is 5.10 Å². The Morgan fingerprint density at radius 2 is 2.07 bits per heavy atom. The van der Waals surface area contributed by atoms with E-state index in [1.165, 1.54) is 4.90 Å². The second kappa shape index (κ2) is 7.20. The summed E-state index contributed by atoms with van der Waals surface area (Å²) in [6.45, 7) is 4.13. The van der Waals surface area contributed by atoms with Crippen molar-refractivity contribution >= 4 is 11.8 Å². The summed E-state index contributed by atoms with van der Waals surface area (Å²) in [6.07, 6.45) is 1.43. The fourth-order valence-corrected chi connectivity index (χ4v) is 4.48. The predicted molar refractivity (Wildman–Crippen MR) is 96.1 cm³/mol. The lowest BCUT2D eigenvalue weighted by atomic mass is 9.71. The zero-order valence-corrected chi connectivity index (χ0v) is 16.3. The van der Waals surface area contributed by atoms with Crippen LogP contribution in [0.4, 0.5) is 8.78 Å². The third-order valence-corrected chi connectivity index (χ3v) is 5.61. The Kier molecular flexibility index (Phi) is 5.27. The lowest BCUT2D eigenvalue weighted by Gasteiger charge is -2.49. The van der Waals surface area contributed by atoms with E-state index in [1.807, 2.05) is 27.0 Å². The SMILES string of the molecule is CCCC(=O)N1CC(F)(F)C[C@@]2(CCCN(Cc3cc(C)nn3C)C2=O)C1. The minimum absolute atomic E-state index is 0.0984. The maximum atomic E-state index is 14.5. The number of amides is 2. The van der Waals surface area contributed by atoms with Gasteiger partial charge in [0.25, 0.3) is 5.92 Å². The van der Waals surface area contributed by atoms with Crippen LogP contribution in [0.5, 0.6) is 0 Å². The smallest absolute Gasteiger partial charge is 0.266 e. The molecule has 1 aromatic rings. The molecule has 1 aromatic heterocycles. The zero-order chi connectivity index (χ0) is 19.8. The minimum Gasteiger partial charge on any atom is -0.336 e. The summed E-state index contributed by atoms with van der Waals surface area (Å²) < 4.78 is 30.7. The molecule has 2 amide bonds. The number of halogens is 2. The number of carbonyl (C=O) groups excluding carboxylic acids is 2. The molecule has 3 heterocycles. The molecule has 2 aliphatic rings. The van der Waals surface area contributed by atoms with Gasteiger partial charge >= 0.3 is 0 Å². The first kappa shape index (κ1) is 19.8. The molecule has 0 saturated carbocycles. The van der Waals surface area contributed by atoms with E-state index in [9.17, 15) is 18.4 Å². The van der Waals surface area contributed by atoms with Crippen molar-refractivity contribution in [2.24, 2.45) is 12.5 Å². The van der Waals surface area contributed by atoms with Crippen LogP contribution in [0.15, 0.2) is 6.07 Å². The number of aryl methyl sites for hydroxylation is 2. The molecule has 0 N–H and O–H groups in total. The van der Waals surface area contributed by atoms with Crippen molar-refractivity contribution in [3.8, 4) is 0 Å². The van der Waals surface area contributed by atoms with Gasteiger partial charge in [0.2, 0.25) is 11.8 Å². The van der Waals surface area contributed by atoms with Crippen molar-refractivity contribution < 1.29 is 18.4 Å². The van der Waals surface area contributed by atoms with Gasteiger partial charge in [-0.15, -0.1) is 0 Å². The number of aromatic nitrogens is 2. The van der Waals surface area contributed by atoms with E-state index >= 15 is 0 Å². The normalized spacial score (nSPS) is 25.3. The molecule has 0 radical (unpaired) electrons.